The monoisotopic (exact) mass is 296 g/mol. The number of rotatable bonds is 8. The van der Waals surface area contributed by atoms with Crippen LogP contribution in [0, 0.1) is 10.1 Å². The van der Waals surface area contributed by atoms with Gasteiger partial charge in [-0.05, 0) is 18.2 Å². The van der Waals surface area contributed by atoms with Gasteiger partial charge in [-0.25, -0.2) is 0 Å². The number of nitrogens with zero attached hydrogens (tertiary/aromatic N) is 2. The van der Waals surface area contributed by atoms with Crippen molar-refractivity contribution in [2.45, 2.75) is 19.9 Å². The normalized spacial score (nSPS) is 10.5. The summed E-state index contributed by atoms with van der Waals surface area (Å²) in [6, 6.07) is 4.66. The standard InChI is InChI=1S/C14H20N2O5/c1-4-15(6-5-14(17)21-3)10-11-7-12(16(18)19)9-13(8-11)20-2/h7-9H,4-6,10H2,1-3H3. The topological polar surface area (TPSA) is 81.9 Å². The Morgan fingerprint density at radius 3 is 2.57 bits per heavy atom. The molecule has 0 amide bonds. The minimum absolute atomic E-state index is 0.00614. The molecule has 0 saturated carbocycles. The van der Waals surface area contributed by atoms with E-state index in [-0.39, 0.29) is 18.1 Å². The Kier molecular flexibility index (Phi) is 6.61. The molecule has 0 aromatic heterocycles. The third kappa shape index (κ3) is 5.39. The quantitative estimate of drug-likeness (QED) is 0.414. The SMILES string of the molecule is CCN(CCC(=O)OC)Cc1cc(OC)cc([N+](=O)[O-])c1. The van der Waals surface area contributed by atoms with E-state index in [0.717, 1.165) is 12.1 Å². The lowest BCUT2D eigenvalue weighted by molar-refractivity contribution is -0.385. The van der Waals surface area contributed by atoms with Crippen LogP contribution in [0.5, 0.6) is 5.75 Å². The maximum atomic E-state index is 11.2. The third-order valence-electron chi connectivity index (χ3n) is 3.11. The first-order valence-corrected chi connectivity index (χ1v) is 6.61. The maximum absolute atomic E-state index is 11.2. The molecule has 0 saturated heterocycles. The van der Waals surface area contributed by atoms with E-state index >= 15 is 0 Å². The predicted octanol–water partition coefficient (Wildman–Crippen LogP) is 1.99. The molecule has 1 aromatic rings. The number of methoxy groups -OCH3 is 2. The van der Waals surface area contributed by atoms with E-state index in [0.29, 0.717) is 18.8 Å². The van der Waals surface area contributed by atoms with Crippen LogP contribution in [0.3, 0.4) is 0 Å². The fourth-order valence-corrected chi connectivity index (χ4v) is 1.92. The number of nitro benzene ring substituents is 1. The van der Waals surface area contributed by atoms with Gasteiger partial charge in [-0.1, -0.05) is 6.92 Å². The summed E-state index contributed by atoms with van der Waals surface area (Å²) in [5, 5.41) is 10.9. The van der Waals surface area contributed by atoms with Gasteiger partial charge in [0.15, 0.2) is 0 Å². The van der Waals surface area contributed by atoms with Crippen LogP contribution >= 0.6 is 0 Å². The first-order chi connectivity index (χ1) is 9.99. The smallest absolute Gasteiger partial charge is 0.306 e. The minimum Gasteiger partial charge on any atom is -0.496 e. The number of esters is 1. The number of benzene rings is 1. The van der Waals surface area contributed by atoms with Gasteiger partial charge in [0.05, 0.1) is 31.6 Å². The molecule has 0 aliphatic carbocycles. The van der Waals surface area contributed by atoms with Crippen molar-refractivity contribution in [1.29, 1.82) is 0 Å². The minimum atomic E-state index is -0.448. The molecule has 21 heavy (non-hydrogen) atoms. The third-order valence-corrected chi connectivity index (χ3v) is 3.11. The van der Waals surface area contributed by atoms with Crippen LogP contribution in [0.2, 0.25) is 0 Å². The molecule has 0 aliphatic rings. The molecule has 0 spiro atoms. The summed E-state index contributed by atoms with van der Waals surface area (Å²) < 4.78 is 9.69. The molecule has 116 valence electrons. The molecule has 0 fully saturated rings. The number of non-ortho nitro benzene ring substituents is 1. The molecule has 1 aromatic carbocycles. The van der Waals surface area contributed by atoms with Crippen LogP contribution < -0.4 is 4.74 Å². The first-order valence-electron chi connectivity index (χ1n) is 6.61. The Balaban J connectivity index is 2.81. The number of hydrogen-bond acceptors (Lipinski definition) is 6. The van der Waals surface area contributed by atoms with E-state index in [4.69, 9.17) is 4.74 Å². The summed E-state index contributed by atoms with van der Waals surface area (Å²) in [6.07, 6.45) is 0.288. The number of carbonyl (C=O) groups excluding carboxylic acids is 1. The second-order valence-electron chi connectivity index (χ2n) is 4.49. The van der Waals surface area contributed by atoms with Crippen molar-refractivity contribution in [1.82, 2.24) is 4.90 Å². The summed E-state index contributed by atoms with van der Waals surface area (Å²) in [7, 11) is 2.82. The van der Waals surface area contributed by atoms with Crippen molar-refractivity contribution in [3.63, 3.8) is 0 Å². The Morgan fingerprint density at radius 2 is 2.05 bits per heavy atom. The average Bonchev–Trinajstić information content (AvgIpc) is 2.50. The first kappa shape index (κ1) is 16.9. The molecular weight excluding hydrogens is 276 g/mol. The molecule has 0 N–H and O–H groups in total. The molecule has 0 aliphatic heterocycles. The van der Waals surface area contributed by atoms with Crippen molar-refractivity contribution in [2.75, 3.05) is 27.3 Å². The van der Waals surface area contributed by atoms with Crippen molar-refractivity contribution >= 4 is 11.7 Å². The van der Waals surface area contributed by atoms with E-state index in [2.05, 4.69) is 4.74 Å². The number of nitro groups is 1. The summed E-state index contributed by atoms with van der Waals surface area (Å²) >= 11 is 0. The van der Waals surface area contributed by atoms with Gasteiger partial charge >= 0.3 is 5.97 Å². The van der Waals surface area contributed by atoms with Crippen LogP contribution in [0.4, 0.5) is 5.69 Å². The molecule has 0 radical (unpaired) electrons. The van der Waals surface area contributed by atoms with E-state index < -0.39 is 4.92 Å². The van der Waals surface area contributed by atoms with Crippen LogP contribution in [0.25, 0.3) is 0 Å². The highest BCUT2D eigenvalue weighted by molar-refractivity contribution is 5.69. The number of ether oxygens (including phenoxy) is 2. The second-order valence-corrected chi connectivity index (χ2v) is 4.49. The summed E-state index contributed by atoms with van der Waals surface area (Å²) in [6.45, 7) is 3.73. The van der Waals surface area contributed by atoms with Gasteiger partial charge in [-0.2, -0.15) is 0 Å². The van der Waals surface area contributed by atoms with Crippen LogP contribution in [-0.4, -0.2) is 43.1 Å². The van der Waals surface area contributed by atoms with E-state index in [1.54, 1.807) is 6.07 Å². The van der Waals surface area contributed by atoms with Gasteiger partial charge in [-0.3, -0.25) is 19.8 Å². The zero-order valence-corrected chi connectivity index (χ0v) is 12.5. The maximum Gasteiger partial charge on any atom is 0.306 e. The van der Waals surface area contributed by atoms with Gasteiger partial charge in [0.2, 0.25) is 0 Å². The molecule has 0 bridgehead atoms. The molecule has 0 atom stereocenters. The van der Waals surface area contributed by atoms with Crippen molar-refractivity contribution in [2.24, 2.45) is 0 Å². The second kappa shape index (κ2) is 8.21. The van der Waals surface area contributed by atoms with Gasteiger partial charge in [-0.15, -0.1) is 0 Å². The Labute approximate surface area is 123 Å². The number of hydrogen-bond donors (Lipinski definition) is 0. The molecule has 7 nitrogen and oxygen atoms in total. The summed E-state index contributed by atoms with van der Waals surface area (Å²) in [5.41, 5.74) is 0.765. The molecule has 7 heteroatoms. The van der Waals surface area contributed by atoms with Gasteiger partial charge in [0.25, 0.3) is 5.69 Å². The van der Waals surface area contributed by atoms with Gasteiger partial charge in [0, 0.05) is 19.2 Å². The fourth-order valence-electron chi connectivity index (χ4n) is 1.92. The van der Waals surface area contributed by atoms with E-state index in [1.165, 1.54) is 26.4 Å². The highest BCUT2D eigenvalue weighted by atomic mass is 16.6. The van der Waals surface area contributed by atoms with Crippen molar-refractivity contribution in [3.05, 3.63) is 33.9 Å². The summed E-state index contributed by atoms with van der Waals surface area (Å²) in [4.78, 5) is 23.6. The van der Waals surface area contributed by atoms with Crippen LogP contribution in [0.15, 0.2) is 18.2 Å². The Hall–Kier alpha value is -2.15. The molecule has 0 heterocycles. The lowest BCUT2D eigenvalue weighted by Crippen LogP contribution is -2.26. The zero-order valence-electron chi connectivity index (χ0n) is 12.5. The average molecular weight is 296 g/mol. The van der Waals surface area contributed by atoms with Gasteiger partial charge in [0.1, 0.15) is 5.75 Å². The largest absolute Gasteiger partial charge is 0.496 e. The van der Waals surface area contributed by atoms with Crippen LogP contribution in [0.1, 0.15) is 18.9 Å². The molecular formula is C14H20N2O5. The Bertz CT molecular complexity index is 504. The number of carbonyl (C=O) groups is 1. The van der Waals surface area contributed by atoms with Crippen molar-refractivity contribution in [3.8, 4) is 5.75 Å². The van der Waals surface area contributed by atoms with Crippen molar-refractivity contribution < 1.29 is 19.2 Å². The molecule has 0 unspecified atom stereocenters. The highest BCUT2D eigenvalue weighted by Crippen LogP contribution is 2.23. The van der Waals surface area contributed by atoms with E-state index in [9.17, 15) is 14.9 Å². The summed E-state index contributed by atoms with van der Waals surface area (Å²) in [5.74, 6) is 0.174. The fraction of sp³-hybridized carbons (Fsp3) is 0.500. The van der Waals surface area contributed by atoms with E-state index in [1.807, 2.05) is 11.8 Å². The lowest BCUT2D eigenvalue weighted by Gasteiger charge is -2.20. The van der Waals surface area contributed by atoms with Crippen LogP contribution in [-0.2, 0) is 16.1 Å². The zero-order chi connectivity index (χ0) is 15.8. The predicted molar refractivity (Wildman–Crippen MR) is 77.2 cm³/mol. The van der Waals surface area contributed by atoms with Gasteiger partial charge < -0.3 is 9.47 Å². The lowest BCUT2D eigenvalue weighted by atomic mass is 10.1. The Morgan fingerprint density at radius 1 is 1.33 bits per heavy atom. The molecule has 1 rings (SSSR count). The highest BCUT2D eigenvalue weighted by Gasteiger charge is 2.13.